The van der Waals surface area contributed by atoms with E-state index in [1.54, 1.807) is 6.20 Å². The number of aliphatic hydroxyl groups excluding tert-OH is 1. The van der Waals surface area contributed by atoms with Crippen LogP contribution in [0.1, 0.15) is 5.56 Å². The number of fused-ring (bicyclic) bond motifs is 1. The van der Waals surface area contributed by atoms with E-state index in [9.17, 15) is 9.90 Å². The lowest BCUT2D eigenvalue weighted by atomic mass is 10.0. The lowest BCUT2D eigenvalue weighted by Gasteiger charge is -2.05. The molecule has 0 spiro atoms. The average Bonchev–Trinajstić information content (AvgIpc) is 2.90. The van der Waals surface area contributed by atoms with E-state index in [-0.39, 0.29) is 6.61 Å². The van der Waals surface area contributed by atoms with Gasteiger partial charge in [-0.15, -0.1) is 0 Å². The summed E-state index contributed by atoms with van der Waals surface area (Å²) in [6, 6.07) is 13.8. The van der Waals surface area contributed by atoms with Crippen molar-refractivity contribution in [3.8, 4) is 11.1 Å². The lowest BCUT2D eigenvalue weighted by Crippen LogP contribution is -1.91. The Bertz CT molecular complexity index is 762. The van der Waals surface area contributed by atoms with Crippen molar-refractivity contribution >= 4 is 23.0 Å². The summed E-state index contributed by atoms with van der Waals surface area (Å²) >= 11 is 0. The molecule has 100 valence electrons. The van der Waals surface area contributed by atoms with Crippen LogP contribution in [0.4, 0.5) is 5.69 Å². The summed E-state index contributed by atoms with van der Waals surface area (Å²) in [5, 5.41) is 12.8. The minimum absolute atomic E-state index is 0.0260. The smallest absolute Gasteiger partial charge is 0.211 e. The molecule has 0 unspecified atom stereocenters. The van der Waals surface area contributed by atoms with Crippen molar-refractivity contribution in [1.82, 2.24) is 4.98 Å². The Labute approximate surface area is 116 Å². The van der Waals surface area contributed by atoms with Gasteiger partial charge in [0.05, 0.1) is 12.3 Å². The Kier molecular flexibility index (Phi) is 3.23. The molecule has 3 N–H and O–H groups in total. The Morgan fingerprint density at radius 2 is 2.00 bits per heavy atom. The minimum atomic E-state index is 0.0260. The molecule has 0 bridgehead atoms. The first-order valence-electron chi connectivity index (χ1n) is 6.33. The van der Waals surface area contributed by atoms with Crippen molar-refractivity contribution in [1.29, 1.82) is 0 Å². The van der Waals surface area contributed by atoms with Gasteiger partial charge in [-0.25, -0.2) is 0 Å². The zero-order chi connectivity index (χ0) is 13.9. The van der Waals surface area contributed by atoms with Gasteiger partial charge in [0.15, 0.2) is 0 Å². The Morgan fingerprint density at radius 3 is 2.80 bits per heavy atom. The maximum absolute atomic E-state index is 10.6. The molecule has 3 aromatic rings. The van der Waals surface area contributed by atoms with Crippen molar-refractivity contribution in [2.75, 3.05) is 5.32 Å². The van der Waals surface area contributed by atoms with Gasteiger partial charge in [-0.1, -0.05) is 24.3 Å². The number of benzene rings is 2. The van der Waals surface area contributed by atoms with Crippen molar-refractivity contribution in [3.63, 3.8) is 0 Å². The van der Waals surface area contributed by atoms with Gasteiger partial charge in [0.25, 0.3) is 0 Å². The van der Waals surface area contributed by atoms with Gasteiger partial charge in [0.2, 0.25) is 6.41 Å². The van der Waals surface area contributed by atoms with Crippen LogP contribution in [0, 0.1) is 0 Å². The number of H-pyrrole nitrogens is 1. The van der Waals surface area contributed by atoms with Crippen LogP contribution in [0.25, 0.3) is 22.0 Å². The molecule has 1 heterocycles. The molecule has 1 aromatic heterocycles. The SMILES string of the molecule is O=CNc1c[nH]c2ccc(-c3cccc(CO)c3)cc12. The van der Waals surface area contributed by atoms with E-state index >= 15 is 0 Å². The van der Waals surface area contributed by atoms with Gasteiger partial charge < -0.3 is 15.4 Å². The van der Waals surface area contributed by atoms with Crippen LogP contribution in [-0.2, 0) is 11.4 Å². The molecule has 1 amide bonds. The zero-order valence-corrected chi connectivity index (χ0v) is 10.8. The highest BCUT2D eigenvalue weighted by molar-refractivity contribution is 5.98. The van der Waals surface area contributed by atoms with Gasteiger partial charge >= 0.3 is 0 Å². The first kappa shape index (κ1) is 12.4. The third kappa shape index (κ3) is 2.17. The Hall–Kier alpha value is -2.59. The molecule has 0 fully saturated rings. The van der Waals surface area contributed by atoms with E-state index in [0.717, 1.165) is 33.3 Å². The first-order valence-corrected chi connectivity index (χ1v) is 6.33. The fourth-order valence-corrected chi connectivity index (χ4v) is 2.33. The highest BCUT2D eigenvalue weighted by Gasteiger charge is 2.05. The van der Waals surface area contributed by atoms with Gasteiger partial charge in [-0.2, -0.15) is 0 Å². The third-order valence-electron chi connectivity index (χ3n) is 3.34. The molecular weight excluding hydrogens is 252 g/mol. The summed E-state index contributed by atoms with van der Waals surface area (Å²) < 4.78 is 0. The number of rotatable bonds is 4. The zero-order valence-electron chi connectivity index (χ0n) is 10.8. The molecule has 4 heteroatoms. The van der Waals surface area contributed by atoms with E-state index in [1.807, 2.05) is 42.5 Å². The number of aromatic nitrogens is 1. The quantitative estimate of drug-likeness (QED) is 0.636. The number of nitrogens with one attached hydrogen (secondary N) is 2. The van der Waals surface area contributed by atoms with E-state index in [0.29, 0.717) is 6.41 Å². The molecule has 0 aliphatic rings. The molecule has 0 saturated heterocycles. The van der Waals surface area contributed by atoms with Crippen LogP contribution < -0.4 is 5.32 Å². The maximum atomic E-state index is 10.6. The number of carbonyl (C=O) groups excluding carboxylic acids is 1. The standard InChI is InChI=1S/C16H14N2O2/c19-9-11-2-1-3-12(6-11)13-4-5-15-14(7-13)16(8-17-15)18-10-20/h1-8,10,17,19H,9H2,(H,18,20). The number of carbonyl (C=O) groups is 1. The van der Waals surface area contributed by atoms with Gasteiger partial charge in [-0.3, -0.25) is 4.79 Å². The molecule has 0 aliphatic carbocycles. The number of aliphatic hydroxyl groups is 1. The molecule has 0 saturated carbocycles. The minimum Gasteiger partial charge on any atom is -0.392 e. The van der Waals surface area contributed by atoms with Crippen LogP contribution in [0.15, 0.2) is 48.7 Å². The van der Waals surface area contributed by atoms with E-state index in [1.165, 1.54) is 0 Å². The fraction of sp³-hybridized carbons (Fsp3) is 0.0625. The monoisotopic (exact) mass is 266 g/mol. The molecule has 2 aromatic carbocycles. The molecule has 3 rings (SSSR count). The molecular formula is C16H14N2O2. The normalized spacial score (nSPS) is 10.7. The number of anilines is 1. The van der Waals surface area contributed by atoms with Crippen LogP contribution in [-0.4, -0.2) is 16.5 Å². The lowest BCUT2D eigenvalue weighted by molar-refractivity contribution is -0.105. The molecule has 20 heavy (non-hydrogen) atoms. The Balaban J connectivity index is 2.11. The number of hydrogen-bond donors (Lipinski definition) is 3. The second kappa shape index (κ2) is 5.19. The Morgan fingerprint density at radius 1 is 1.15 bits per heavy atom. The van der Waals surface area contributed by atoms with Gasteiger partial charge in [0, 0.05) is 17.1 Å². The summed E-state index contributed by atoms with van der Waals surface area (Å²) in [6.45, 7) is 0.0260. The summed E-state index contributed by atoms with van der Waals surface area (Å²) in [6.07, 6.45) is 2.44. The first-order chi connectivity index (χ1) is 9.81. The van der Waals surface area contributed by atoms with Crippen LogP contribution in [0.3, 0.4) is 0 Å². The van der Waals surface area contributed by atoms with Crippen molar-refractivity contribution in [2.24, 2.45) is 0 Å². The van der Waals surface area contributed by atoms with Crippen LogP contribution in [0.2, 0.25) is 0 Å². The average molecular weight is 266 g/mol. The molecule has 4 nitrogen and oxygen atoms in total. The fourth-order valence-electron chi connectivity index (χ4n) is 2.33. The summed E-state index contributed by atoms with van der Waals surface area (Å²) in [5.41, 5.74) is 4.69. The molecule has 0 atom stereocenters. The van der Waals surface area contributed by atoms with Crippen LogP contribution >= 0.6 is 0 Å². The van der Waals surface area contributed by atoms with E-state index in [2.05, 4.69) is 10.3 Å². The highest BCUT2D eigenvalue weighted by Crippen LogP contribution is 2.29. The number of amides is 1. The summed E-state index contributed by atoms with van der Waals surface area (Å²) in [7, 11) is 0. The maximum Gasteiger partial charge on any atom is 0.211 e. The summed E-state index contributed by atoms with van der Waals surface area (Å²) in [4.78, 5) is 13.7. The number of aromatic amines is 1. The second-order valence-electron chi connectivity index (χ2n) is 4.58. The predicted octanol–water partition coefficient (Wildman–Crippen LogP) is 2.90. The number of hydrogen-bond acceptors (Lipinski definition) is 2. The van der Waals surface area contributed by atoms with Crippen LogP contribution in [0.5, 0.6) is 0 Å². The largest absolute Gasteiger partial charge is 0.392 e. The molecule has 0 radical (unpaired) electrons. The van der Waals surface area contributed by atoms with Gasteiger partial charge in [0.1, 0.15) is 0 Å². The second-order valence-corrected chi connectivity index (χ2v) is 4.58. The van der Waals surface area contributed by atoms with Crippen molar-refractivity contribution < 1.29 is 9.90 Å². The predicted molar refractivity (Wildman–Crippen MR) is 79.3 cm³/mol. The van der Waals surface area contributed by atoms with Crippen molar-refractivity contribution in [3.05, 3.63) is 54.2 Å². The van der Waals surface area contributed by atoms with E-state index in [4.69, 9.17) is 0 Å². The third-order valence-corrected chi connectivity index (χ3v) is 3.34. The summed E-state index contributed by atoms with van der Waals surface area (Å²) in [5.74, 6) is 0. The molecule has 0 aliphatic heterocycles. The highest BCUT2D eigenvalue weighted by atomic mass is 16.3. The van der Waals surface area contributed by atoms with E-state index < -0.39 is 0 Å². The van der Waals surface area contributed by atoms with Crippen molar-refractivity contribution in [2.45, 2.75) is 6.61 Å². The van der Waals surface area contributed by atoms with Gasteiger partial charge in [-0.05, 0) is 34.9 Å². The topological polar surface area (TPSA) is 65.1 Å².